The van der Waals surface area contributed by atoms with Crippen molar-refractivity contribution in [2.24, 2.45) is 4.99 Å². The average Bonchev–Trinajstić information content (AvgIpc) is 2.23. The zero-order valence-electron chi connectivity index (χ0n) is 10.4. The van der Waals surface area contributed by atoms with Crippen molar-refractivity contribution in [1.29, 1.82) is 0 Å². The fourth-order valence-electron chi connectivity index (χ4n) is 1.48. The number of hydrogen-bond acceptors (Lipinski definition) is 2. The Balaban J connectivity index is 3.20. The molecular weight excluding hydrogens is 585 g/mol. The van der Waals surface area contributed by atoms with Crippen molar-refractivity contribution in [3.05, 3.63) is 28.4 Å². The van der Waals surface area contributed by atoms with E-state index < -0.39 is 5.97 Å². The quantitative estimate of drug-likeness (QED) is 0.321. The SMILES string of the molecule is CN(C)C=NC(CC(=O)O)c1c(I)cc(I)cc1I. The Kier molecular flexibility index (Phi) is 7.29. The van der Waals surface area contributed by atoms with Crippen LogP contribution in [0.2, 0.25) is 0 Å². The molecule has 1 atom stereocenters. The number of hydrogen-bond donors (Lipinski definition) is 1. The van der Waals surface area contributed by atoms with Gasteiger partial charge < -0.3 is 10.0 Å². The molecule has 0 heterocycles. The maximum atomic E-state index is 11.0. The van der Waals surface area contributed by atoms with Crippen molar-refractivity contribution < 1.29 is 9.90 Å². The van der Waals surface area contributed by atoms with Crippen LogP contribution < -0.4 is 0 Å². The highest BCUT2D eigenvalue weighted by Crippen LogP contribution is 2.32. The molecule has 1 rings (SSSR count). The van der Waals surface area contributed by atoms with Gasteiger partial charge in [0.1, 0.15) is 0 Å². The van der Waals surface area contributed by atoms with Crippen molar-refractivity contribution in [2.75, 3.05) is 14.1 Å². The molecule has 4 nitrogen and oxygen atoms in total. The van der Waals surface area contributed by atoms with E-state index in [0.717, 1.165) is 16.3 Å². The first kappa shape index (κ1) is 17.4. The lowest BCUT2D eigenvalue weighted by molar-refractivity contribution is -0.137. The van der Waals surface area contributed by atoms with E-state index >= 15 is 0 Å². The Morgan fingerprint density at radius 3 is 2.32 bits per heavy atom. The molecule has 104 valence electrons. The van der Waals surface area contributed by atoms with Crippen LogP contribution in [0.15, 0.2) is 17.1 Å². The summed E-state index contributed by atoms with van der Waals surface area (Å²) < 4.78 is 3.24. The van der Waals surface area contributed by atoms with Crippen LogP contribution in [0, 0.1) is 10.7 Å². The van der Waals surface area contributed by atoms with E-state index in [2.05, 4.69) is 72.8 Å². The van der Waals surface area contributed by atoms with E-state index in [9.17, 15) is 4.79 Å². The van der Waals surface area contributed by atoms with Gasteiger partial charge in [0, 0.05) is 30.4 Å². The molecule has 0 saturated heterocycles. The van der Waals surface area contributed by atoms with Crippen molar-refractivity contribution >= 4 is 80.1 Å². The predicted octanol–water partition coefficient (Wildman–Crippen LogP) is 3.61. The Morgan fingerprint density at radius 2 is 1.89 bits per heavy atom. The summed E-state index contributed by atoms with van der Waals surface area (Å²) in [7, 11) is 3.73. The Labute approximate surface area is 153 Å². The number of aliphatic carboxylic acids is 1. The molecule has 0 amide bonds. The van der Waals surface area contributed by atoms with Gasteiger partial charge in [-0.2, -0.15) is 0 Å². The van der Waals surface area contributed by atoms with Crippen LogP contribution in [-0.4, -0.2) is 36.4 Å². The molecule has 0 spiro atoms. The molecule has 0 aliphatic heterocycles. The molecule has 0 saturated carbocycles. The molecule has 0 radical (unpaired) electrons. The Hall–Kier alpha value is 0.350. The number of carboxylic acids is 1. The minimum atomic E-state index is -0.842. The van der Waals surface area contributed by atoms with Gasteiger partial charge in [0.15, 0.2) is 0 Å². The summed E-state index contributed by atoms with van der Waals surface area (Å²) in [6.45, 7) is 0. The Morgan fingerprint density at radius 1 is 1.37 bits per heavy atom. The van der Waals surface area contributed by atoms with Crippen LogP contribution in [-0.2, 0) is 4.79 Å². The van der Waals surface area contributed by atoms with Crippen molar-refractivity contribution in [3.63, 3.8) is 0 Å². The van der Waals surface area contributed by atoms with Gasteiger partial charge in [-0.3, -0.25) is 9.79 Å². The van der Waals surface area contributed by atoms with Gasteiger partial charge >= 0.3 is 5.97 Å². The molecule has 0 bridgehead atoms. The highest BCUT2D eigenvalue weighted by molar-refractivity contribution is 14.1. The summed E-state index contributed by atoms with van der Waals surface area (Å²) in [5, 5.41) is 9.05. The third kappa shape index (κ3) is 5.69. The van der Waals surface area contributed by atoms with Gasteiger partial charge in [0.2, 0.25) is 0 Å². The smallest absolute Gasteiger partial charge is 0.305 e. The number of nitrogens with zero attached hydrogens (tertiary/aromatic N) is 2. The van der Waals surface area contributed by atoms with E-state index in [0.29, 0.717) is 0 Å². The van der Waals surface area contributed by atoms with Gasteiger partial charge in [-0.15, -0.1) is 0 Å². The largest absolute Gasteiger partial charge is 0.481 e. The van der Waals surface area contributed by atoms with E-state index in [1.54, 1.807) is 11.2 Å². The highest BCUT2D eigenvalue weighted by atomic mass is 127. The van der Waals surface area contributed by atoms with E-state index in [1.807, 2.05) is 26.2 Å². The number of benzene rings is 1. The third-order valence-corrected chi connectivity index (χ3v) is 4.63. The molecule has 0 aliphatic carbocycles. The summed E-state index contributed by atoms with van der Waals surface area (Å²) in [5.74, 6) is -0.842. The van der Waals surface area contributed by atoms with Crippen molar-refractivity contribution in [1.82, 2.24) is 4.90 Å². The van der Waals surface area contributed by atoms with Crippen LogP contribution in [0.3, 0.4) is 0 Å². The van der Waals surface area contributed by atoms with Gasteiger partial charge in [0.25, 0.3) is 0 Å². The number of halogens is 3. The Bertz CT molecular complexity index is 481. The summed E-state index contributed by atoms with van der Waals surface area (Å²) in [5.41, 5.74) is 0.988. The maximum absolute atomic E-state index is 11.0. The van der Waals surface area contributed by atoms with Gasteiger partial charge in [-0.1, -0.05) is 0 Å². The molecule has 1 aromatic rings. The molecule has 1 N–H and O–H groups in total. The highest BCUT2D eigenvalue weighted by Gasteiger charge is 2.20. The number of aliphatic imine (C=N–C) groups is 1. The molecule has 7 heteroatoms. The maximum Gasteiger partial charge on any atom is 0.305 e. The third-order valence-electron chi connectivity index (χ3n) is 2.22. The fraction of sp³-hybridized carbons (Fsp3) is 0.333. The lowest BCUT2D eigenvalue weighted by atomic mass is 10.0. The summed E-state index contributed by atoms with van der Waals surface area (Å²) in [6, 6.07) is 3.73. The van der Waals surface area contributed by atoms with Gasteiger partial charge in [0.05, 0.1) is 18.8 Å². The molecule has 0 fully saturated rings. The summed E-state index contributed by atoms with van der Waals surface area (Å²) >= 11 is 6.74. The zero-order valence-corrected chi connectivity index (χ0v) is 16.9. The monoisotopic (exact) mass is 598 g/mol. The van der Waals surface area contributed by atoms with Gasteiger partial charge in [-0.05, 0) is 79.9 Å². The fourth-order valence-corrected chi connectivity index (χ4v) is 5.78. The second kappa shape index (κ2) is 7.96. The lowest BCUT2D eigenvalue weighted by Gasteiger charge is -2.16. The van der Waals surface area contributed by atoms with Crippen LogP contribution in [0.4, 0.5) is 0 Å². The standard InChI is InChI=1S/C12H13I3N2O2/c1-17(2)6-16-10(5-11(18)19)12-8(14)3-7(13)4-9(12)15/h3-4,6,10H,5H2,1-2H3,(H,18,19). The van der Waals surface area contributed by atoms with Crippen LogP contribution in [0.1, 0.15) is 18.0 Å². The minimum Gasteiger partial charge on any atom is -0.481 e. The predicted molar refractivity (Wildman–Crippen MR) is 102 cm³/mol. The van der Waals surface area contributed by atoms with Crippen molar-refractivity contribution in [2.45, 2.75) is 12.5 Å². The van der Waals surface area contributed by atoms with Crippen LogP contribution >= 0.6 is 67.8 Å². The second-order valence-electron chi connectivity index (χ2n) is 4.12. The molecule has 19 heavy (non-hydrogen) atoms. The van der Waals surface area contributed by atoms with E-state index in [4.69, 9.17) is 5.11 Å². The number of carbonyl (C=O) groups is 1. The molecular formula is C12H13I3N2O2. The summed E-state index contributed by atoms with van der Waals surface area (Å²) in [4.78, 5) is 17.2. The molecule has 0 aliphatic rings. The van der Waals surface area contributed by atoms with Crippen LogP contribution in [0.25, 0.3) is 0 Å². The first-order chi connectivity index (χ1) is 8.81. The van der Waals surface area contributed by atoms with E-state index in [-0.39, 0.29) is 12.5 Å². The van der Waals surface area contributed by atoms with E-state index in [1.165, 1.54) is 0 Å². The topological polar surface area (TPSA) is 52.9 Å². The van der Waals surface area contributed by atoms with Crippen LogP contribution in [0.5, 0.6) is 0 Å². The average molecular weight is 598 g/mol. The first-order valence-corrected chi connectivity index (χ1v) is 8.61. The normalized spacial score (nSPS) is 12.7. The molecule has 1 aromatic carbocycles. The molecule has 1 unspecified atom stereocenters. The zero-order chi connectivity index (χ0) is 14.6. The minimum absolute atomic E-state index is 0.00304. The van der Waals surface area contributed by atoms with Gasteiger partial charge in [-0.25, -0.2) is 0 Å². The molecule has 0 aromatic heterocycles. The second-order valence-corrected chi connectivity index (χ2v) is 7.69. The summed E-state index contributed by atoms with van der Waals surface area (Å²) in [6.07, 6.45) is 1.66. The number of rotatable bonds is 5. The lowest BCUT2D eigenvalue weighted by Crippen LogP contribution is -2.13. The van der Waals surface area contributed by atoms with Crippen molar-refractivity contribution in [3.8, 4) is 0 Å². The first-order valence-electron chi connectivity index (χ1n) is 5.37. The number of carboxylic acid groups (broad SMARTS) is 1.